The van der Waals surface area contributed by atoms with E-state index in [2.05, 4.69) is 37.6 Å². The summed E-state index contributed by atoms with van der Waals surface area (Å²) in [5.41, 5.74) is 2.77. The Morgan fingerprint density at radius 3 is 2.68 bits per heavy atom. The van der Waals surface area contributed by atoms with Gasteiger partial charge in [-0.25, -0.2) is 0 Å². The van der Waals surface area contributed by atoms with Crippen LogP contribution in [0.5, 0.6) is 5.75 Å². The van der Waals surface area contributed by atoms with Crippen molar-refractivity contribution in [3.8, 4) is 27.7 Å². The number of hydrogen-bond acceptors (Lipinski definition) is 6. The maximum absolute atomic E-state index is 6.07. The topological polar surface area (TPSA) is 81.0 Å². The second-order valence-electron chi connectivity index (χ2n) is 7.02. The third kappa shape index (κ3) is 3.23. The fraction of sp³-hybridized carbons (Fsp3) is 0.0435. The van der Waals surface area contributed by atoms with Crippen LogP contribution in [0.2, 0.25) is 0 Å². The zero-order valence-corrected chi connectivity index (χ0v) is 17.1. The highest BCUT2D eigenvalue weighted by atomic mass is 32.1. The SMILES string of the molecule is c1ccc(-c2cc(-c3nn4c(COc5cccc6ccccc56)nnc4s3)[nH]n2)cc1. The van der Waals surface area contributed by atoms with Crippen LogP contribution in [0.3, 0.4) is 0 Å². The van der Waals surface area contributed by atoms with Crippen LogP contribution in [0.25, 0.3) is 37.7 Å². The summed E-state index contributed by atoms with van der Waals surface area (Å²) in [4.78, 5) is 0.711. The van der Waals surface area contributed by atoms with Gasteiger partial charge in [-0.2, -0.15) is 14.7 Å². The summed E-state index contributed by atoms with van der Waals surface area (Å²) in [7, 11) is 0. The molecule has 0 spiro atoms. The van der Waals surface area contributed by atoms with Crippen LogP contribution < -0.4 is 4.74 Å². The summed E-state index contributed by atoms with van der Waals surface area (Å²) in [6, 6.07) is 26.2. The molecule has 0 aliphatic heterocycles. The molecule has 0 saturated heterocycles. The number of rotatable bonds is 5. The van der Waals surface area contributed by atoms with Gasteiger partial charge in [0.15, 0.2) is 10.8 Å². The quantitative estimate of drug-likeness (QED) is 0.422. The first kappa shape index (κ1) is 17.8. The van der Waals surface area contributed by atoms with Crippen molar-refractivity contribution < 1.29 is 4.74 Å². The van der Waals surface area contributed by atoms with Crippen molar-refractivity contribution in [1.29, 1.82) is 0 Å². The summed E-state index contributed by atoms with van der Waals surface area (Å²) in [6.07, 6.45) is 0. The predicted octanol–water partition coefficient (Wildman–Crippen LogP) is 4.98. The van der Waals surface area contributed by atoms with Crippen molar-refractivity contribution in [2.45, 2.75) is 6.61 Å². The van der Waals surface area contributed by atoms with Crippen LogP contribution in [0.4, 0.5) is 0 Å². The van der Waals surface area contributed by atoms with E-state index in [1.807, 2.05) is 66.7 Å². The Bertz CT molecular complexity index is 1500. The lowest BCUT2D eigenvalue weighted by Gasteiger charge is -2.07. The van der Waals surface area contributed by atoms with Gasteiger partial charge in [-0.3, -0.25) is 5.10 Å². The number of H-pyrrole nitrogens is 1. The Balaban J connectivity index is 1.28. The van der Waals surface area contributed by atoms with Gasteiger partial charge in [0.1, 0.15) is 12.4 Å². The lowest BCUT2D eigenvalue weighted by molar-refractivity contribution is 0.296. The Hall–Kier alpha value is -4.04. The molecule has 0 aliphatic rings. The van der Waals surface area contributed by atoms with Crippen LogP contribution in [-0.2, 0) is 6.61 Å². The van der Waals surface area contributed by atoms with Crippen LogP contribution in [0, 0.1) is 0 Å². The normalized spacial score (nSPS) is 11.4. The van der Waals surface area contributed by atoms with Crippen LogP contribution >= 0.6 is 11.3 Å². The summed E-state index contributed by atoms with van der Waals surface area (Å²) in [5, 5.41) is 23.7. The van der Waals surface area contributed by atoms with E-state index in [0.29, 0.717) is 10.8 Å². The number of benzene rings is 3. The fourth-order valence-corrected chi connectivity index (χ4v) is 4.33. The number of nitrogens with zero attached hydrogens (tertiary/aromatic N) is 5. The van der Waals surface area contributed by atoms with Gasteiger partial charge in [-0.05, 0) is 17.5 Å². The number of aromatic amines is 1. The molecule has 6 aromatic rings. The summed E-state index contributed by atoms with van der Waals surface area (Å²) in [5.74, 6) is 1.46. The molecule has 1 N–H and O–H groups in total. The van der Waals surface area contributed by atoms with E-state index in [1.54, 1.807) is 4.52 Å². The monoisotopic (exact) mass is 424 g/mol. The van der Waals surface area contributed by atoms with E-state index >= 15 is 0 Å². The number of hydrogen-bond donors (Lipinski definition) is 1. The fourth-order valence-electron chi connectivity index (χ4n) is 3.51. The highest BCUT2D eigenvalue weighted by Crippen LogP contribution is 2.29. The van der Waals surface area contributed by atoms with E-state index in [1.165, 1.54) is 11.3 Å². The molecule has 0 aliphatic carbocycles. The Morgan fingerprint density at radius 1 is 0.903 bits per heavy atom. The molecule has 7 nitrogen and oxygen atoms in total. The highest BCUT2D eigenvalue weighted by Gasteiger charge is 2.16. The number of fused-ring (bicyclic) bond motifs is 2. The molecule has 3 heterocycles. The van der Waals surface area contributed by atoms with E-state index in [0.717, 1.165) is 38.5 Å². The molecule has 0 bridgehead atoms. The Morgan fingerprint density at radius 2 is 1.74 bits per heavy atom. The number of ether oxygens (including phenoxy) is 1. The Kier molecular flexibility index (Phi) is 4.21. The third-order valence-electron chi connectivity index (χ3n) is 5.04. The van der Waals surface area contributed by atoms with Crippen LogP contribution in [0.15, 0.2) is 78.9 Å². The first-order valence-corrected chi connectivity index (χ1v) is 10.6. The summed E-state index contributed by atoms with van der Waals surface area (Å²) >= 11 is 1.46. The van der Waals surface area contributed by atoms with E-state index in [4.69, 9.17) is 4.74 Å². The van der Waals surface area contributed by atoms with E-state index in [9.17, 15) is 0 Å². The smallest absolute Gasteiger partial charge is 0.235 e. The molecule has 0 amide bonds. The lowest BCUT2D eigenvalue weighted by atomic mass is 10.1. The predicted molar refractivity (Wildman–Crippen MR) is 120 cm³/mol. The van der Waals surface area contributed by atoms with Crippen molar-refractivity contribution in [3.63, 3.8) is 0 Å². The average molecular weight is 424 g/mol. The number of aromatic nitrogens is 6. The van der Waals surface area contributed by atoms with Crippen molar-refractivity contribution in [3.05, 3.63) is 84.7 Å². The summed E-state index contributed by atoms with van der Waals surface area (Å²) in [6.45, 7) is 0.274. The molecule has 0 saturated carbocycles. The van der Waals surface area contributed by atoms with Crippen LogP contribution in [-0.4, -0.2) is 30.0 Å². The molecule has 3 aromatic heterocycles. The Labute approximate surface area is 181 Å². The van der Waals surface area contributed by atoms with Crippen molar-refractivity contribution >= 4 is 27.1 Å². The molecule has 0 radical (unpaired) electrons. The zero-order valence-electron chi connectivity index (χ0n) is 16.3. The van der Waals surface area contributed by atoms with Crippen molar-refractivity contribution in [2.24, 2.45) is 0 Å². The summed E-state index contributed by atoms with van der Waals surface area (Å²) < 4.78 is 7.80. The molecule has 0 atom stereocenters. The molecule has 3 aromatic carbocycles. The maximum atomic E-state index is 6.07. The second kappa shape index (κ2) is 7.33. The van der Waals surface area contributed by atoms with Gasteiger partial charge in [0.2, 0.25) is 4.96 Å². The standard InChI is InChI=1S/C23H16N6OS/c1-2-8-16(9-3-1)18-13-19(25-24-18)22-28-29-21(26-27-23(29)31-22)14-30-20-12-6-10-15-7-4-5-11-17(15)20/h1-13H,14H2,(H,24,25). The molecular formula is C23H16N6OS. The first-order chi connectivity index (χ1) is 15.3. The van der Waals surface area contributed by atoms with Gasteiger partial charge in [0.05, 0.1) is 11.4 Å². The van der Waals surface area contributed by atoms with Gasteiger partial charge < -0.3 is 4.74 Å². The maximum Gasteiger partial charge on any atom is 0.235 e. The third-order valence-corrected chi connectivity index (χ3v) is 5.97. The molecular weight excluding hydrogens is 408 g/mol. The minimum Gasteiger partial charge on any atom is -0.485 e. The van der Waals surface area contributed by atoms with Gasteiger partial charge in [-0.15, -0.1) is 10.2 Å². The lowest BCUT2D eigenvalue weighted by Crippen LogP contribution is -2.02. The van der Waals surface area contributed by atoms with Gasteiger partial charge in [0.25, 0.3) is 0 Å². The second-order valence-corrected chi connectivity index (χ2v) is 7.97. The van der Waals surface area contributed by atoms with Crippen molar-refractivity contribution in [1.82, 2.24) is 30.0 Å². The first-order valence-electron chi connectivity index (χ1n) is 9.78. The minimum absolute atomic E-state index is 0.274. The largest absolute Gasteiger partial charge is 0.485 e. The van der Waals surface area contributed by atoms with Gasteiger partial charge in [-0.1, -0.05) is 78.1 Å². The highest BCUT2D eigenvalue weighted by molar-refractivity contribution is 7.19. The molecule has 6 rings (SSSR count). The van der Waals surface area contributed by atoms with E-state index in [-0.39, 0.29) is 6.61 Å². The van der Waals surface area contributed by atoms with Crippen LogP contribution in [0.1, 0.15) is 5.82 Å². The van der Waals surface area contributed by atoms with Gasteiger partial charge >= 0.3 is 0 Å². The van der Waals surface area contributed by atoms with E-state index < -0.39 is 0 Å². The van der Waals surface area contributed by atoms with Crippen molar-refractivity contribution in [2.75, 3.05) is 0 Å². The average Bonchev–Trinajstić information content (AvgIpc) is 3.54. The number of nitrogens with one attached hydrogen (secondary N) is 1. The molecule has 8 heteroatoms. The molecule has 0 unspecified atom stereocenters. The molecule has 31 heavy (non-hydrogen) atoms. The zero-order chi connectivity index (χ0) is 20.6. The van der Waals surface area contributed by atoms with Gasteiger partial charge in [0, 0.05) is 10.9 Å². The minimum atomic E-state index is 0.274. The molecule has 150 valence electrons. The molecule has 0 fully saturated rings.